The smallest absolute Gasteiger partial charge is 0.297 e. The number of ether oxygens (including phenoxy) is 2. The SMILES string of the molecule is COc1cc(OC)cc(N2c3cc(C(C)(C)C)ccc3B3c4oc(-c5c(C)cccc5C)cc4N(c4ccc(C(C)(C)C)cc4)c4cc(N5c6ccccc6C6(C)CCCCC56C)cc2c43)c1. The van der Waals surface area contributed by atoms with E-state index < -0.39 is 0 Å². The number of aryl methyl sites for hydroxylation is 2. The molecular weight excluding hydrogens is 821 g/mol. The van der Waals surface area contributed by atoms with E-state index in [0.717, 1.165) is 75.4 Å². The standard InChI is InChI=1S/C60H64BN3O3/c1-37-18-17-19-38(2)54(37)53-36-52-56(67-53)61-47-27-24-40(58(6,7)8)30-49(47)63(42-31-44(65-11)35-45(32-42)66-12)51-34-43(33-50(55(51)61)62(52)41-25-22-39(23-26-41)57(3,4)5)64-48-21-14-13-20-46(48)59(9)28-15-16-29-60(59,64)10/h13-14,17-27,30-36H,15-16,28-29H2,1-12H3. The van der Waals surface area contributed by atoms with Crippen molar-refractivity contribution in [3.63, 3.8) is 0 Å². The maximum absolute atomic E-state index is 7.47. The van der Waals surface area contributed by atoms with E-state index in [2.05, 4.69) is 199 Å². The zero-order chi connectivity index (χ0) is 46.9. The molecule has 0 radical (unpaired) electrons. The van der Waals surface area contributed by atoms with E-state index in [1.807, 2.05) is 6.07 Å². The van der Waals surface area contributed by atoms with Gasteiger partial charge in [-0.2, -0.15) is 0 Å². The Balaban J connectivity index is 1.28. The molecule has 0 saturated heterocycles. The Labute approximate surface area is 398 Å². The molecule has 7 aromatic rings. The summed E-state index contributed by atoms with van der Waals surface area (Å²) in [5, 5.41) is 0. The number of para-hydroxylation sites is 1. The first-order valence-electron chi connectivity index (χ1n) is 24.3. The van der Waals surface area contributed by atoms with Crippen LogP contribution in [-0.4, -0.2) is 26.5 Å². The normalized spacial score (nSPS) is 19.4. The molecule has 67 heavy (non-hydrogen) atoms. The van der Waals surface area contributed by atoms with Gasteiger partial charge in [0.2, 0.25) is 0 Å². The lowest BCUT2D eigenvalue weighted by atomic mass is 9.35. The second-order valence-electron chi connectivity index (χ2n) is 22.2. The third-order valence-electron chi connectivity index (χ3n) is 16.2. The lowest BCUT2D eigenvalue weighted by molar-refractivity contribution is 0.195. The summed E-state index contributed by atoms with van der Waals surface area (Å²) in [4.78, 5) is 7.72. The molecule has 4 aliphatic rings. The Morgan fingerprint density at radius 1 is 0.567 bits per heavy atom. The number of fused-ring (bicyclic) bond motifs is 7. The van der Waals surface area contributed by atoms with Gasteiger partial charge in [0.25, 0.3) is 6.71 Å². The van der Waals surface area contributed by atoms with E-state index in [4.69, 9.17) is 13.9 Å². The van der Waals surface area contributed by atoms with Crippen molar-refractivity contribution in [2.75, 3.05) is 28.9 Å². The van der Waals surface area contributed by atoms with Gasteiger partial charge in [-0.15, -0.1) is 0 Å². The molecule has 6 aromatic carbocycles. The summed E-state index contributed by atoms with van der Waals surface area (Å²) in [6.07, 6.45) is 4.68. The quantitative estimate of drug-likeness (QED) is 0.155. The van der Waals surface area contributed by atoms with Crippen LogP contribution in [0.15, 0.2) is 126 Å². The molecule has 1 aliphatic carbocycles. The van der Waals surface area contributed by atoms with Gasteiger partial charge in [0.15, 0.2) is 0 Å². The van der Waals surface area contributed by atoms with Crippen molar-refractivity contribution in [1.82, 2.24) is 0 Å². The number of benzene rings is 6. The van der Waals surface area contributed by atoms with E-state index >= 15 is 0 Å². The average Bonchev–Trinajstić information content (AvgIpc) is 3.82. The molecule has 0 spiro atoms. The van der Waals surface area contributed by atoms with Crippen molar-refractivity contribution in [3.8, 4) is 22.8 Å². The molecule has 6 nitrogen and oxygen atoms in total. The fourth-order valence-electron chi connectivity index (χ4n) is 12.3. The minimum absolute atomic E-state index is 0.0000896. The van der Waals surface area contributed by atoms with Gasteiger partial charge in [0, 0.05) is 69.4 Å². The van der Waals surface area contributed by atoms with Crippen molar-refractivity contribution in [3.05, 3.63) is 149 Å². The lowest BCUT2D eigenvalue weighted by Crippen LogP contribution is -2.61. The third-order valence-corrected chi connectivity index (χ3v) is 16.2. The molecule has 2 atom stereocenters. The highest BCUT2D eigenvalue weighted by atomic mass is 16.5. The van der Waals surface area contributed by atoms with E-state index in [-0.39, 0.29) is 28.5 Å². The Morgan fingerprint density at radius 3 is 1.82 bits per heavy atom. The molecule has 1 aromatic heterocycles. The van der Waals surface area contributed by atoms with Crippen molar-refractivity contribution in [2.45, 2.75) is 117 Å². The van der Waals surface area contributed by atoms with E-state index in [0.29, 0.717) is 0 Å². The highest BCUT2D eigenvalue weighted by Crippen LogP contribution is 2.62. The first-order chi connectivity index (χ1) is 31.9. The summed E-state index contributed by atoms with van der Waals surface area (Å²) in [6, 6.07) is 45.8. The molecule has 3 aliphatic heterocycles. The summed E-state index contributed by atoms with van der Waals surface area (Å²) in [6.45, 7) is 23.0. The Hall–Kier alpha value is -6.34. The lowest BCUT2D eigenvalue weighted by Gasteiger charge is -2.51. The van der Waals surface area contributed by atoms with Crippen LogP contribution in [0.1, 0.15) is 109 Å². The molecule has 2 unspecified atom stereocenters. The summed E-state index contributed by atoms with van der Waals surface area (Å²) >= 11 is 0. The summed E-state index contributed by atoms with van der Waals surface area (Å²) in [7, 11) is 3.47. The highest BCUT2D eigenvalue weighted by molar-refractivity contribution is 6.99. The molecule has 4 heterocycles. The molecule has 1 saturated carbocycles. The molecule has 0 amide bonds. The van der Waals surface area contributed by atoms with Gasteiger partial charge in [-0.05, 0) is 120 Å². The predicted molar refractivity (Wildman–Crippen MR) is 281 cm³/mol. The zero-order valence-electron chi connectivity index (χ0n) is 41.5. The maximum atomic E-state index is 7.47. The fraction of sp³-hybridized carbons (Fsp3) is 0.333. The summed E-state index contributed by atoms with van der Waals surface area (Å²) in [5.74, 6) is 2.36. The first kappa shape index (κ1) is 43.2. The Kier molecular flexibility index (Phi) is 9.74. The van der Waals surface area contributed by atoms with Crippen molar-refractivity contribution < 1.29 is 13.9 Å². The number of rotatable bonds is 6. The minimum Gasteiger partial charge on any atom is -0.497 e. The topological polar surface area (TPSA) is 41.3 Å². The largest absolute Gasteiger partial charge is 0.497 e. The predicted octanol–water partition coefficient (Wildman–Crippen LogP) is 14.0. The van der Waals surface area contributed by atoms with Gasteiger partial charge in [-0.3, -0.25) is 0 Å². The number of furan rings is 1. The van der Waals surface area contributed by atoms with Crippen molar-refractivity contribution >= 4 is 68.8 Å². The number of methoxy groups -OCH3 is 2. The molecule has 0 N–H and O–H groups in total. The zero-order valence-corrected chi connectivity index (χ0v) is 41.5. The van der Waals surface area contributed by atoms with E-state index in [9.17, 15) is 0 Å². The molecular formula is C60H64BN3O3. The number of hydrogen-bond acceptors (Lipinski definition) is 6. The minimum atomic E-state index is -0.202. The molecule has 340 valence electrons. The first-order valence-corrected chi connectivity index (χ1v) is 24.3. The van der Waals surface area contributed by atoms with Gasteiger partial charge >= 0.3 is 0 Å². The van der Waals surface area contributed by atoms with Crippen LogP contribution in [0.25, 0.3) is 11.3 Å². The van der Waals surface area contributed by atoms with Crippen LogP contribution in [0.4, 0.5) is 45.5 Å². The molecule has 11 rings (SSSR count). The van der Waals surface area contributed by atoms with E-state index in [1.54, 1.807) is 14.2 Å². The van der Waals surface area contributed by atoms with Crippen LogP contribution < -0.4 is 40.8 Å². The van der Waals surface area contributed by atoms with Crippen LogP contribution in [0.3, 0.4) is 0 Å². The van der Waals surface area contributed by atoms with Gasteiger partial charge < -0.3 is 28.6 Å². The van der Waals surface area contributed by atoms with Gasteiger partial charge in [-0.1, -0.05) is 122 Å². The third kappa shape index (κ3) is 6.43. The maximum Gasteiger partial charge on any atom is 0.297 e. The number of anilines is 8. The Bertz CT molecular complexity index is 3080. The van der Waals surface area contributed by atoms with Gasteiger partial charge in [0.1, 0.15) is 17.3 Å². The molecule has 7 heteroatoms. The summed E-state index contributed by atoms with van der Waals surface area (Å²) in [5.41, 5.74) is 19.6. The number of nitrogens with zero attached hydrogens (tertiary/aromatic N) is 3. The van der Waals surface area contributed by atoms with Crippen molar-refractivity contribution in [1.29, 1.82) is 0 Å². The molecule has 1 fully saturated rings. The summed E-state index contributed by atoms with van der Waals surface area (Å²) < 4.78 is 19.5. The van der Waals surface area contributed by atoms with Crippen LogP contribution in [0.5, 0.6) is 11.5 Å². The Morgan fingerprint density at radius 2 is 1.18 bits per heavy atom. The van der Waals surface area contributed by atoms with E-state index in [1.165, 1.54) is 63.0 Å². The van der Waals surface area contributed by atoms with Crippen LogP contribution in [0, 0.1) is 13.8 Å². The highest BCUT2D eigenvalue weighted by Gasteiger charge is 2.58. The monoisotopic (exact) mass is 886 g/mol. The molecule has 0 bridgehead atoms. The van der Waals surface area contributed by atoms with Crippen LogP contribution in [-0.2, 0) is 16.2 Å². The van der Waals surface area contributed by atoms with Crippen LogP contribution in [0.2, 0.25) is 0 Å². The van der Waals surface area contributed by atoms with Crippen LogP contribution >= 0.6 is 0 Å². The number of hydrogen-bond donors (Lipinski definition) is 0. The van der Waals surface area contributed by atoms with Crippen molar-refractivity contribution in [2.24, 2.45) is 0 Å². The second kappa shape index (κ2) is 15.1. The second-order valence-corrected chi connectivity index (χ2v) is 22.2. The van der Waals surface area contributed by atoms with Gasteiger partial charge in [-0.25, -0.2) is 0 Å². The van der Waals surface area contributed by atoms with Gasteiger partial charge in [0.05, 0.1) is 36.8 Å². The average molecular weight is 886 g/mol. The fourth-order valence-corrected chi connectivity index (χ4v) is 12.3.